The molecule has 3 aromatic rings. The Morgan fingerprint density at radius 2 is 1.77 bits per heavy atom. The van der Waals surface area contributed by atoms with E-state index in [-0.39, 0.29) is 17.9 Å². The number of likely N-dealkylation sites (tertiary alicyclic amines) is 1. The van der Waals surface area contributed by atoms with Crippen LogP contribution < -0.4 is 0 Å². The summed E-state index contributed by atoms with van der Waals surface area (Å²) >= 11 is 9.35. The Morgan fingerprint density at radius 1 is 1.07 bits per heavy atom. The number of ketones is 1. The van der Waals surface area contributed by atoms with Crippen molar-refractivity contribution in [3.8, 4) is 0 Å². The quantitative estimate of drug-likeness (QED) is 0.318. The summed E-state index contributed by atoms with van der Waals surface area (Å²) in [5.41, 5.74) is 1.97. The van der Waals surface area contributed by atoms with Crippen molar-refractivity contribution in [3.63, 3.8) is 0 Å². The molecule has 0 spiro atoms. The number of hydrogen-bond donors (Lipinski definition) is 1. The van der Waals surface area contributed by atoms with Crippen LogP contribution in [0.1, 0.15) is 22.7 Å². The summed E-state index contributed by atoms with van der Waals surface area (Å²) in [6.07, 6.45) is 3.29. The minimum Gasteiger partial charge on any atom is -0.507 e. The SMILES string of the molecule is O=C1C(=O)N(Cc2cccnc2)C(c2ccc(Br)cc2)/C1=C(/O)c1ccc(Cl)cc1. The van der Waals surface area contributed by atoms with Gasteiger partial charge in [0.2, 0.25) is 0 Å². The van der Waals surface area contributed by atoms with Gasteiger partial charge in [0, 0.05) is 34.0 Å². The van der Waals surface area contributed by atoms with Gasteiger partial charge < -0.3 is 10.0 Å². The molecule has 0 aliphatic carbocycles. The molecule has 30 heavy (non-hydrogen) atoms. The molecule has 1 saturated heterocycles. The van der Waals surface area contributed by atoms with Crippen molar-refractivity contribution in [3.05, 3.63) is 105 Å². The van der Waals surface area contributed by atoms with Crippen molar-refractivity contribution < 1.29 is 14.7 Å². The summed E-state index contributed by atoms with van der Waals surface area (Å²) in [4.78, 5) is 31.5. The van der Waals surface area contributed by atoms with Crippen LogP contribution in [0.3, 0.4) is 0 Å². The molecule has 2 heterocycles. The number of benzene rings is 2. The monoisotopic (exact) mass is 482 g/mol. The summed E-state index contributed by atoms with van der Waals surface area (Å²) in [7, 11) is 0. The third kappa shape index (κ3) is 3.88. The molecule has 0 bridgehead atoms. The standard InChI is InChI=1S/C23H16BrClN2O3/c24-17-7-3-15(4-8-17)20-19(21(28)16-5-9-18(25)10-6-16)22(29)23(30)27(20)13-14-2-1-11-26-12-14/h1-12,20,28H,13H2/b21-19-. The summed E-state index contributed by atoms with van der Waals surface area (Å²) in [6.45, 7) is 0.191. The van der Waals surface area contributed by atoms with E-state index in [2.05, 4.69) is 20.9 Å². The van der Waals surface area contributed by atoms with Crippen molar-refractivity contribution in [2.24, 2.45) is 0 Å². The van der Waals surface area contributed by atoms with Gasteiger partial charge in [-0.05, 0) is 53.6 Å². The molecule has 0 radical (unpaired) electrons. The number of halogens is 2. The average molecular weight is 484 g/mol. The summed E-state index contributed by atoms with van der Waals surface area (Å²) in [6, 6.07) is 16.7. The number of hydrogen-bond acceptors (Lipinski definition) is 4. The minimum absolute atomic E-state index is 0.0496. The van der Waals surface area contributed by atoms with E-state index in [4.69, 9.17) is 11.6 Å². The fraction of sp³-hybridized carbons (Fsp3) is 0.0870. The molecule has 0 saturated carbocycles. The maximum atomic E-state index is 13.0. The third-order valence-corrected chi connectivity index (χ3v) is 5.70. The molecule has 4 rings (SSSR count). The van der Waals surface area contributed by atoms with Gasteiger partial charge in [0.05, 0.1) is 11.6 Å². The Hall–Kier alpha value is -2.96. The van der Waals surface area contributed by atoms with Crippen molar-refractivity contribution in [1.29, 1.82) is 0 Å². The second kappa shape index (κ2) is 8.42. The van der Waals surface area contributed by atoms with E-state index < -0.39 is 17.7 Å². The second-order valence-corrected chi connectivity index (χ2v) is 8.20. The van der Waals surface area contributed by atoms with Crippen LogP contribution in [0.15, 0.2) is 83.1 Å². The molecule has 1 aliphatic heterocycles. The Balaban J connectivity index is 1.85. The fourth-order valence-electron chi connectivity index (χ4n) is 3.49. The van der Waals surface area contributed by atoms with E-state index in [1.54, 1.807) is 42.7 Å². The maximum Gasteiger partial charge on any atom is 0.295 e. The Bertz CT molecular complexity index is 1130. The Labute approximate surface area is 186 Å². The zero-order chi connectivity index (χ0) is 21.3. The number of rotatable bonds is 4. The van der Waals surface area contributed by atoms with Gasteiger partial charge >= 0.3 is 0 Å². The van der Waals surface area contributed by atoms with Crippen molar-refractivity contribution in [1.82, 2.24) is 9.88 Å². The van der Waals surface area contributed by atoms with Crippen LogP contribution in [-0.2, 0) is 16.1 Å². The minimum atomic E-state index is -0.728. The smallest absolute Gasteiger partial charge is 0.295 e. The van der Waals surface area contributed by atoms with E-state index in [0.29, 0.717) is 10.6 Å². The van der Waals surface area contributed by atoms with E-state index in [1.165, 1.54) is 4.90 Å². The van der Waals surface area contributed by atoms with E-state index in [0.717, 1.165) is 15.6 Å². The van der Waals surface area contributed by atoms with Crippen molar-refractivity contribution in [2.75, 3.05) is 0 Å². The Kier molecular flexibility index (Phi) is 5.70. The van der Waals surface area contributed by atoms with Crippen LogP contribution in [0.25, 0.3) is 5.76 Å². The molecule has 2 aromatic carbocycles. The first-order chi connectivity index (χ1) is 14.5. The van der Waals surface area contributed by atoms with Gasteiger partial charge in [-0.3, -0.25) is 14.6 Å². The topological polar surface area (TPSA) is 70.5 Å². The molecular weight excluding hydrogens is 468 g/mol. The van der Waals surface area contributed by atoms with Crippen LogP contribution in [0, 0.1) is 0 Å². The summed E-state index contributed by atoms with van der Waals surface area (Å²) in [5.74, 6) is -1.62. The number of carbonyl (C=O) groups excluding carboxylic acids is 2. The summed E-state index contributed by atoms with van der Waals surface area (Å²) in [5, 5.41) is 11.5. The lowest BCUT2D eigenvalue weighted by Crippen LogP contribution is -2.29. The van der Waals surface area contributed by atoms with Gasteiger partial charge in [-0.2, -0.15) is 0 Å². The van der Waals surface area contributed by atoms with E-state index in [9.17, 15) is 14.7 Å². The number of aliphatic hydroxyl groups is 1. The van der Waals surface area contributed by atoms with Crippen molar-refractivity contribution >= 4 is 45.0 Å². The zero-order valence-electron chi connectivity index (χ0n) is 15.6. The highest BCUT2D eigenvalue weighted by atomic mass is 79.9. The van der Waals surface area contributed by atoms with Gasteiger partial charge in [-0.1, -0.05) is 45.7 Å². The maximum absolute atomic E-state index is 13.0. The predicted octanol–water partition coefficient (Wildman–Crippen LogP) is 5.12. The first-order valence-electron chi connectivity index (χ1n) is 9.14. The molecule has 1 unspecified atom stereocenters. The molecular formula is C23H16BrClN2O3. The van der Waals surface area contributed by atoms with Gasteiger partial charge in [0.1, 0.15) is 5.76 Å². The highest BCUT2D eigenvalue weighted by molar-refractivity contribution is 9.10. The molecule has 1 amide bonds. The predicted molar refractivity (Wildman–Crippen MR) is 118 cm³/mol. The molecule has 150 valence electrons. The van der Waals surface area contributed by atoms with Crippen LogP contribution in [-0.4, -0.2) is 26.7 Å². The largest absolute Gasteiger partial charge is 0.507 e. The summed E-state index contributed by atoms with van der Waals surface area (Å²) < 4.78 is 0.869. The first-order valence-corrected chi connectivity index (χ1v) is 10.3. The fourth-order valence-corrected chi connectivity index (χ4v) is 3.88. The van der Waals surface area contributed by atoms with Crippen LogP contribution in [0.2, 0.25) is 5.02 Å². The highest BCUT2D eigenvalue weighted by Gasteiger charge is 2.46. The van der Waals surface area contributed by atoms with Gasteiger partial charge in [0.25, 0.3) is 11.7 Å². The van der Waals surface area contributed by atoms with Crippen molar-refractivity contribution in [2.45, 2.75) is 12.6 Å². The van der Waals surface area contributed by atoms with E-state index >= 15 is 0 Å². The first kappa shape index (κ1) is 20.3. The zero-order valence-corrected chi connectivity index (χ0v) is 18.0. The number of carbonyl (C=O) groups is 2. The number of aliphatic hydroxyl groups excluding tert-OH is 1. The molecule has 7 heteroatoms. The van der Waals surface area contributed by atoms with Gasteiger partial charge in [-0.15, -0.1) is 0 Å². The van der Waals surface area contributed by atoms with Gasteiger partial charge in [-0.25, -0.2) is 0 Å². The lowest BCUT2D eigenvalue weighted by atomic mass is 9.95. The molecule has 1 atom stereocenters. The number of Topliss-reactive ketones (excluding diaryl/α,β-unsaturated/α-hetero) is 1. The molecule has 1 fully saturated rings. The van der Waals surface area contributed by atoms with E-state index in [1.807, 2.05) is 30.3 Å². The molecule has 1 aromatic heterocycles. The lowest BCUT2D eigenvalue weighted by Gasteiger charge is -2.25. The Morgan fingerprint density at radius 3 is 2.40 bits per heavy atom. The van der Waals surface area contributed by atoms with Gasteiger partial charge in [0.15, 0.2) is 0 Å². The number of amides is 1. The normalized spacial score (nSPS) is 18.1. The van der Waals surface area contributed by atoms with Crippen LogP contribution in [0.4, 0.5) is 0 Å². The average Bonchev–Trinajstić information content (AvgIpc) is 3.00. The third-order valence-electron chi connectivity index (χ3n) is 4.92. The highest BCUT2D eigenvalue weighted by Crippen LogP contribution is 2.40. The molecule has 5 nitrogen and oxygen atoms in total. The lowest BCUT2D eigenvalue weighted by molar-refractivity contribution is -0.140. The number of pyridine rings is 1. The number of nitrogens with zero attached hydrogens (tertiary/aromatic N) is 2. The van der Waals surface area contributed by atoms with Crippen LogP contribution >= 0.6 is 27.5 Å². The van der Waals surface area contributed by atoms with Crippen LogP contribution in [0.5, 0.6) is 0 Å². The number of aromatic nitrogens is 1. The molecule has 1 aliphatic rings. The second-order valence-electron chi connectivity index (χ2n) is 6.85. The molecule has 1 N–H and O–H groups in total.